The average Bonchev–Trinajstić information content (AvgIpc) is 2.33. The first-order chi connectivity index (χ1) is 8.15. The number of nitrogens with one attached hydrogen (secondary N) is 1. The van der Waals surface area contributed by atoms with Crippen LogP contribution in [0.2, 0.25) is 5.02 Å². The van der Waals surface area contributed by atoms with Crippen LogP contribution in [0.4, 0.5) is 5.69 Å². The molecule has 0 spiro atoms. The van der Waals surface area contributed by atoms with Crippen LogP contribution in [0.25, 0.3) is 0 Å². The zero-order valence-corrected chi connectivity index (χ0v) is 12.4. The topological polar surface area (TPSA) is 12.0 Å². The van der Waals surface area contributed by atoms with Crippen LogP contribution < -0.4 is 5.32 Å². The smallest absolute Gasteiger partial charge is 0.0438 e. The molecule has 88 valence electrons. The third kappa shape index (κ3) is 3.61. The quantitative estimate of drug-likeness (QED) is 0.773. The van der Waals surface area contributed by atoms with Crippen molar-refractivity contribution >= 4 is 39.9 Å². The second-order valence-corrected chi connectivity index (χ2v) is 5.60. The van der Waals surface area contributed by atoms with Gasteiger partial charge in [-0.2, -0.15) is 0 Å². The van der Waals surface area contributed by atoms with Gasteiger partial charge in [0, 0.05) is 20.8 Å². The Balaban J connectivity index is 2.02. The Morgan fingerprint density at radius 3 is 2.47 bits per heavy atom. The summed E-state index contributed by atoms with van der Waals surface area (Å²) in [5.74, 6) is 0. The minimum atomic E-state index is 0.792. The van der Waals surface area contributed by atoms with Crippen molar-refractivity contribution in [1.82, 2.24) is 0 Å². The largest absolute Gasteiger partial charge is 0.381 e. The van der Waals surface area contributed by atoms with Crippen LogP contribution >= 0.6 is 34.2 Å². The molecule has 1 N–H and O–H groups in total. The third-order valence-corrected chi connectivity index (χ3v) is 3.70. The molecule has 0 aliphatic heterocycles. The zero-order chi connectivity index (χ0) is 12.3. The second-order valence-electron chi connectivity index (χ2n) is 3.94. The summed E-state index contributed by atoms with van der Waals surface area (Å²) < 4.78 is 1.24. The fourth-order valence-corrected chi connectivity index (χ4v) is 2.08. The summed E-state index contributed by atoms with van der Waals surface area (Å²) in [7, 11) is 0. The lowest BCUT2D eigenvalue weighted by Crippen LogP contribution is -1.99. The molecule has 0 saturated carbocycles. The van der Waals surface area contributed by atoms with Crippen molar-refractivity contribution in [1.29, 1.82) is 0 Å². The molecular weight excluding hydrogens is 345 g/mol. The summed E-state index contributed by atoms with van der Waals surface area (Å²) in [5, 5.41) is 4.20. The standard InChI is InChI=1S/C14H13ClIN/c1-10-2-3-11(8-14(10)15)9-17-13-6-4-12(16)5-7-13/h2-8,17H,9H2,1H3. The molecule has 0 aliphatic carbocycles. The maximum atomic E-state index is 6.09. The van der Waals surface area contributed by atoms with E-state index in [2.05, 4.69) is 58.2 Å². The van der Waals surface area contributed by atoms with Gasteiger partial charge in [-0.25, -0.2) is 0 Å². The van der Waals surface area contributed by atoms with Crippen molar-refractivity contribution in [3.8, 4) is 0 Å². The van der Waals surface area contributed by atoms with E-state index in [4.69, 9.17) is 11.6 Å². The van der Waals surface area contributed by atoms with Gasteiger partial charge in [-0.15, -0.1) is 0 Å². The molecule has 0 aliphatic rings. The first-order valence-corrected chi connectivity index (χ1v) is 6.85. The summed E-state index contributed by atoms with van der Waals surface area (Å²) in [6.07, 6.45) is 0. The van der Waals surface area contributed by atoms with E-state index in [-0.39, 0.29) is 0 Å². The van der Waals surface area contributed by atoms with Gasteiger partial charge in [-0.05, 0) is 71.0 Å². The van der Waals surface area contributed by atoms with E-state index < -0.39 is 0 Å². The van der Waals surface area contributed by atoms with Crippen molar-refractivity contribution in [3.63, 3.8) is 0 Å². The molecule has 2 rings (SSSR count). The molecule has 0 aromatic heterocycles. The maximum Gasteiger partial charge on any atom is 0.0438 e. The molecule has 3 heteroatoms. The molecule has 17 heavy (non-hydrogen) atoms. The normalized spacial score (nSPS) is 10.3. The minimum Gasteiger partial charge on any atom is -0.381 e. The fraction of sp³-hybridized carbons (Fsp3) is 0.143. The van der Waals surface area contributed by atoms with E-state index >= 15 is 0 Å². The summed E-state index contributed by atoms with van der Waals surface area (Å²) in [5.41, 5.74) is 3.44. The molecule has 0 bridgehead atoms. The van der Waals surface area contributed by atoms with Gasteiger partial charge >= 0.3 is 0 Å². The predicted octanol–water partition coefficient (Wildman–Crippen LogP) is 4.87. The molecule has 0 atom stereocenters. The fourth-order valence-electron chi connectivity index (χ4n) is 1.52. The zero-order valence-electron chi connectivity index (χ0n) is 9.50. The summed E-state index contributed by atoms with van der Waals surface area (Å²) in [6.45, 7) is 2.80. The highest BCUT2D eigenvalue weighted by molar-refractivity contribution is 14.1. The third-order valence-electron chi connectivity index (χ3n) is 2.58. The van der Waals surface area contributed by atoms with Crippen LogP contribution in [-0.4, -0.2) is 0 Å². The molecule has 0 saturated heterocycles. The van der Waals surface area contributed by atoms with Crippen molar-refractivity contribution in [2.75, 3.05) is 5.32 Å². The highest BCUT2D eigenvalue weighted by Gasteiger charge is 1.98. The van der Waals surface area contributed by atoms with Crippen LogP contribution in [0.15, 0.2) is 42.5 Å². The first-order valence-electron chi connectivity index (χ1n) is 5.39. The number of benzene rings is 2. The van der Waals surface area contributed by atoms with Crippen molar-refractivity contribution in [3.05, 3.63) is 62.2 Å². The molecule has 0 radical (unpaired) electrons. The molecule has 1 nitrogen and oxygen atoms in total. The number of hydrogen-bond donors (Lipinski definition) is 1. The molecule has 0 fully saturated rings. The van der Waals surface area contributed by atoms with Gasteiger partial charge < -0.3 is 5.32 Å². The highest BCUT2D eigenvalue weighted by Crippen LogP contribution is 2.18. The van der Waals surface area contributed by atoms with Crippen molar-refractivity contribution in [2.24, 2.45) is 0 Å². The van der Waals surface area contributed by atoms with Crippen LogP contribution in [0.1, 0.15) is 11.1 Å². The van der Waals surface area contributed by atoms with Gasteiger partial charge in [0.25, 0.3) is 0 Å². The molecule has 0 amide bonds. The Kier molecular flexibility index (Phi) is 4.29. The van der Waals surface area contributed by atoms with Gasteiger partial charge in [-0.1, -0.05) is 23.7 Å². The van der Waals surface area contributed by atoms with E-state index in [1.54, 1.807) is 0 Å². The number of aryl methyl sites for hydroxylation is 1. The number of hydrogen-bond acceptors (Lipinski definition) is 1. The Morgan fingerprint density at radius 2 is 1.82 bits per heavy atom. The minimum absolute atomic E-state index is 0.792. The van der Waals surface area contributed by atoms with E-state index in [0.717, 1.165) is 22.8 Å². The molecule has 0 heterocycles. The SMILES string of the molecule is Cc1ccc(CNc2ccc(I)cc2)cc1Cl. The second kappa shape index (κ2) is 5.74. The summed E-state index contributed by atoms with van der Waals surface area (Å²) >= 11 is 8.39. The number of anilines is 1. The van der Waals surface area contributed by atoms with Crippen LogP contribution in [0, 0.1) is 10.5 Å². The maximum absolute atomic E-state index is 6.09. The lowest BCUT2D eigenvalue weighted by molar-refractivity contribution is 1.14. The van der Waals surface area contributed by atoms with Gasteiger partial charge in [-0.3, -0.25) is 0 Å². The van der Waals surface area contributed by atoms with Gasteiger partial charge in [0.05, 0.1) is 0 Å². The number of halogens is 2. The van der Waals surface area contributed by atoms with Gasteiger partial charge in [0.1, 0.15) is 0 Å². The van der Waals surface area contributed by atoms with Crippen molar-refractivity contribution in [2.45, 2.75) is 13.5 Å². The Labute approximate surface area is 120 Å². The van der Waals surface area contributed by atoms with E-state index in [9.17, 15) is 0 Å². The average molecular weight is 358 g/mol. The highest BCUT2D eigenvalue weighted by atomic mass is 127. The van der Waals surface area contributed by atoms with Crippen LogP contribution in [0.3, 0.4) is 0 Å². The summed E-state index contributed by atoms with van der Waals surface area (Å²) in [4.78, 5) is 0. The lowest BCUT2D eigenvalue weighted by Gasteiger charge is -2.08. The molecule has 0 unspecified atom stereocenters. The Morgan fingerprint density at radius 1 is 1.12 bits per heavy atom. The predicted molar refractivity (Wildman–Crippen MR) is 82.7 cm³/mol. The van der Waals surface area contributed by atoms with E-state index in [1.807, 2.05) is 19.1 Å². The van der Waals surface area contributed by atoms with Gasteiger partial charge in [0.2, 0.25) is 0 Å². The molecule has 2 aromatic rings. The molecular formula is C14H13ClIN. The van der Waals surface area contributed by atoms with Crippen LogP contribution in [-0.2, 0) is 6.54 Å². The van der Waals surface area contributed by atoms with Gasteiger partial charge in [0.15, 0.2) is 0 Å². The van der Waals surface area contributed by atoms with Crippen molar-refractivity contribution < 1.29 is 0 Å². The van der Waals surface area contributed by atoms with Crippen LogP contribution in [0.5, 0.6) is 0 Å². The summed E-state index contributed by atoms with van der Waals surface area (Å²) in [6, 6.07) is 14.5. The Hall–Kier alpha value is -0.740. The monoisotopic (exact) mass is 357 g/mol. The van der Waals surface area contributed by atoms with E-state index in [1.165, 1.54) is 9.13 Å². The van der Waals surface area contributed by atoms with E-state index in [0.29, 0.717) is 0 Å². The lowest BCUT2D eigenvalue weighted by atomic mass is 10.1. The first kappa shape index (κ1) is 12.7. The Bertz CT molecular complexity index is 508. The number of rotatable bonds is 3. The molecule has 2 aromatic carbocycles.